The van der Waals surface area contributed by atoms with Crippen LogP contribution in [0.25, 0.3) is 0 Å². The van der Waals surface area contributed by atoms with Gasteiger partial charge in [-0.05, 0) is 37.1 Å². The van der Waals surface area contributed by atoms with Crippen LogP contribution in [0.3, 0.4) is 0 Å². The molecule has 1 heterocycles. The Morgan fingerprint density at radius 1 is 1.27 bits per heavy atom. The maximum absolute atomic E-state index is 12.0. The van der Waals surface area contributed by atoms with E-state index in [-0.39, 0.29) is 5.91 Å². The van der Waals surface area contributed by atoms with Gasteiger partial charge in [0.1, 0.15) is 17.8 Å². The van der Waals surface area contributed by atoms with E-state index in [1.54, 1.807) is 6.07 Å². The minimum absolute atomic E-state index is 0.175. The Morgan fingerprint density at radius 2 is 2.09 bits per heavy atom. The molecule has 0 aliphatic rings. The van der Waals surface area contributed by atoms with Crippen molar-refractivity contribution < 1.29 is 4.79 Å². The van der Waals surface area contributed by atoms with Crippen LogP contribution in [0, 0.1) is 6.92 Å². The second-order valence-electron chi connectivity index (χ2n) is 4.99. The molecule has 2 N–H and O–H groups in total. The fourth-order valence-corrected chi connectivity index (χ4v) is 2.14. The van der Waals surface area contributed by atoms with E-state index in [4.69, 9.17) is 0 Å². The molecule has 116 valence electrons. The van der Waals surface area contributed by atoms with Crippen molar-refractivity contribution in [2.24, 2.45) is 0 Å². The number of hydrogen-bond acceptors (Lipinski definition) is 4. The van der Waals surface area contributed by atoms with E-state index in [0.717, 1.165) is 28.6 Å². The summed E-state index contributed by atoms with van der Waals surface area (Å²) in [6, 6.07) is 7.57. The SMILES string of the molecule is CCCCNC(=O)c1cc(Nc2ccc(Br)c(C)c2)ncn1. The first-order valence-electron chi connectivity index (χ1n) is 7.23. The van der Waals surface area contributed by atoms with Crippen LogP contribution in [0.4, 0.5) is 11.5 Å². The van der Waals surface area contributed by atoms with E-state index >= 15 is 0 Å². The van der Waals surface area contributed by atoms with Crippen LogP contribution >= 0.6 is 15.9 Å². The third-order valence-electron chi connectivity index (χ3n) is 3.15. The van der Waals surface area contributed by atoms with Gasteiger partial charge < -0.3 is 10.6 Å². The topological polar surface area (TPSA) is 66.9 Å². The van der Waals surface area contributed by atoms with Gasteiger partial charge in [0, 0.05) is 22.8 Å². The lowest BCUT2D eigenvalue weighted by Gasteiger charge is -2.09. The molecule has 0 unspecified atom stereocenters. The Kier molecular flexibility index (Phi) is 5.89. The number of aryl methyl sites for hydroxylation is 1. The highest BCUT2D eigenvalue weighted by Gasteiger charge is 2.08. The van der Waals surface area contributed by atoms with E-state index in [1.807, 2.05) is 25.1 Å². The lowest BCUT2D eigenvalue weighted by Crippen LogP contribution is -2.25. The summed E-state index contributed by atoms with van der Waals surface area (Å²) in [6.45, 7) is 4.76. The summed E-state index contributed by atoms with van der Waals surface area (Å²) in [6.07, 6.45) is 3.39. The number of nitrogens with zero attached hydrogens (tertiary/aromatic N) is 2. The number of nitrogens with one attached hydrogen (secondary N) is 2. The number of benzene rings is 1. The summed E-state index contributed by atoms with van der Waals surface area (Å²) in [5.74, 6) is 0.420. The van der Waals surface area contributed by atoms with Crippen molar-refractivity contribution in [3.8, 4) is 0 Å². The van der Waals surface area contributed by atoms with Crippen molar-refractivity contribution >= 4 is 33.3 Å². The van der Waals surface area contributed by atoms with Gasteiger partial charge in [-0.3, -0.25) is 4.79 Å². The minimum atomic E-state index is -0.175. The van der Waals surface area contributed by atoms with Crippen LogP contribution in [0.5, 0.6) is 0 Å². The Morgan fingerprint density at radius 3 is 2.82 bits per heavy atom. The van der Waals surface area contributed by atoms with Crippen molar-refractivity contribution in [2.75, 3.05) is 11.9 Å². The molecule has 0 atom stereocenters. The summed E-state index contributed by atoms with van der Waals surface area (Å²) in [5.41, 5.74) is 2.40. The molecule has 22 heavy (non-hydrogen) atoms. The van der Waals surface area contributed by atoms with Gasteiger partial charge in [0.15, 0.2) is 0 Å². The van der Waals surface area contributed by atoms with Crippen LogP contribution in [0.1, 0.15) is 35.8 Å². The molecule has 1 aromatic heterocycles. The molecule has 0 bridgehead atoms. The predicted molar refractivity (Wildman–Crippen MR) is 91.4 cm³/mol. The van der Waals surface area contributed by atoms with Gasteiger partial charge in [0.25, 0.3) is 5.91 Å². The number of unbranched alkanes of at least 4 members (excludes halogenated alkanes) is 1. The van der Waals surface area contributed by atoms with Gasteiger partial charge in [0.05, 0.1) is 0 Å². The highest BCUT2D eigenvalue weighted by Crippen LogP contribution is 2.22. The molecule has 0 saturated carbocycles. The molecule has 0 fully saturated rings. The minimum Gasteiger partial charge on any atom is -0.351 e. The molecule has 0 saturated heterocycles. The number of amides is 1. The Labute approximate surface area is 138 Å². The quantitative estimate of drug-likeness (QED) is 0.766. The zero-order valence-corrected chi connectivity index (χ0v) is 14.3. The van der Waals surface area contributed by atoms with E-state index in [9.17, 15) is 4.79 Å². The predicted octanol–water partition coefficient (Wildman–Crippen LogP) is 3.82. The first kappa shape index (κ1) is 16.4. The van der Waals surface area contributed by atoms with Crippen LogP contribution in [-0.4, -0.2) is 22.4 Å². The molecule has 6 heteroatoms. The molecule has 2 aromatic rings. The van der Waals surface area contributed by atoms with Crippen LogP contribution in [0.15, 0.2) is 35.1 Å². The molecular formula is C16H19BrN4O. The van der Waals surface area contributed by atoms with Crippen molar-refractivity contribution in [3.05, 3.63) is 46.3 Å². The third-order valence-corrected chi connectivity index (χ3v) is 4.04. The van der Waals surface area contributed by atoms with Gasteiger partial charge in [-0.15, -0.1) is 0 Å². The molecule has 1 amide bonds. The standard InChI is InChI=1S/C16H19BrN4O/c1-3-4-7-18-16(22)14-9-15(20-10-19-14)21-12-5-6-13(17)11(2)8-12/h5-6,8-10H,3-4,7H2,1-2H3,(H,18,22)(H,19,20,21). The molecule has 0 spiro atoms. The van der Waals surface area contributed by atoms with Gasteiger partial charge in [-0.2, -0.15) is 0 Å². The van der Waals surface area contributed by atoms with Crippen molar-refractivity contribution in [1.82, 2.24) is 15.3 Å². The average Bonchev–Trinajstić information content (AvgIpc) is 2.51. The average molecular weight is 363 g/mol. The number of aromatic nitrogens is 2. The van der Waals surface area contributed by atoms with E-state index in [0.29, 0.717) is 18.1 Å². The number of carbonyl (C=O) groups is 1. The number of hydrogen-bond donors (Lipinski definition) is 2. The third kappa shape index (κ3) is 4.53. The Bertz CT molecular complexity index is 660. The highest BCUT2D eigenvalue weighted by atomic mass is 79.9. The van der Waals surface area contributed by atoms with E-state index in [2.05, 4.69) is 43.5 Å². The second kappa shape index (κ2) is 7.89. The van der Waals surface area contributed by atoms with Gasteiger partial charge in [-0.1, -0.05) is 29.3 Å². The smallest absolute Gasteiger partial charge is 0.270 e. The fraction of sp³-hybridized carbons (Fsp3) is 0.312. The molecule has 0 aliphatic carbocycles. The van der Waals surface area contributed by atoms with Gasteiger partial charge in [0.2, 0.25) is 0 Å². The summed E-state index contributed by atoms with van der Waals surface area (Å²) in [5, 5.41) is 6.03. The van der Waals surface area contributed by atoms with Crippen molar-refractivity contribution in [3.63, 3.8) is 0 Å². The maximum Gasteiger partial charge on any atom is 0.270 e. The van der Waals surface area contributed by atoms with Crippen LogP contribution in [-0.2, 0) is 0 Å². The van der Waals surface area contributed by atoms with Crippen LogP contribution < -0.4 is 10.6 Å². The van der Waals surface area contributed by atoms with Crippen molar-refractivity contribution in [2.45, 2.75) is 26.7 Å². The molecule has 1 aromatic carbocycles. The molecular weight excluding hydrogens is 344 g/mol. The maximum atomic E-state index is 12.0. The monoisotopic (exact) mass is 362 g/mol. The molecule has 5 nitrogen and oxygen atoms in total. The lowest BCUT2D eigenvalue weighted by molar-refractivity contribution is 0.0948. The summed E-state index contributed by atoms with van der Waals surface area (Å²) < 4.78 is 1.05. The Hall–Kier alpha value is -1.95. The largest absolute Gasteiger partial charge is 0.351 e. The first-order valence-corrected chi connectivity index (χ1v) is 8.03. The Balaban J connectivity index is 2.07. The second-order valence-corrected chi connectivity index (χ2v) is 5.84. The zero-order chi connectivity index (χ0) is 15.9. The normalized spacial score (nSPS) is 10.3. The van der Waals surface area contributed by atoms with Crippen LogP contribution in [0.2, 0.25) is 0 Å². The number of rotatable bonds is 6. The van der Waals surface area contributed by atoms with Gasteiger partial charge >= 0.3 is 0 Å². The summed E-state index contributed by atoms with van der Waals surface area (Å²) in [4.78, 5) is 20.2. The number of anilines is 2. The van der Waals surface area contributed by atoms with E-state index < -0.39 is 0 Å². The number of halogens is 1. The van der Waals surface area contributed by atoms with Crippen molar-refractivity contribution in [1.29, 1.82) is 0 Å². The first-order chi connectivity index (χ1) is 10.6. The molecule has 2 rings (SSSR count). The summed E-state index contributed by atoms with van der Waals surface area (Å²) in [7, 11) is 0. The summed E-state index contributed by atoms with van der Waals surface area (Å²) >= 11 is 3.47. The lowest BCUT2D eigenvalue weighted by atomic mass is 10.2. The molecule has 0 aliphatic heterocycles. The van der Waals surface area contributed by atoms with E-state index in [1.165, 1.54) is 6.33 Å². The molecule has 0 radical (unpaired) electrons. The zero-order valence-electron chi connectivity index (χ0n) is 12.7. The highest BCUT2D eigenvalue weighted by molar-refractivity contribution is 9.10. The van der Waals surface area contributed by atoms with Gasteiger partial charge in [-0.25, -0.2) is 9.97 Å². The number of carbonyl (C=O) groups excluding carboxylic acids is 1. The fourth-order valence-electron chi connectivity index (χ4n) is 1.89.